The lowest BCUT2D eigenvalue weighted by Crippen LogP contribution is -2.53. The summed E-state index contributed by atoms with van der Waals surface area (Å²) in [6.45, 7) is 2.71. The van der Waals surface area contributed by atoms with Gasteiger partial charge >= 0.3 is 0 Å². The van der Waals surface area contributed by atoms with Crippen LogP contribution in [-0.4, -0.2) is 50.1 Å². The zero-order valence-electron chi connectivity index (χ0n) is 17.5. The number of rotatable bonds is 6. The molecular formula is C24H27B2N3O. The topological polar surface area (TPSA) is 48.1 Å². The summed E-state index contributed by atoms with van der Waals surface area (Å²) >= 11 is 0. The van der Waals surface area contributed by atoms with Crippen molar-refractivity contribution in [2.45, 2.75) is 50.0 Å². The second kappa shape index (κ2) is 8.73. The minimum atomic E-state index is -1.09. The van der Waals surface area contributed by atoms with Crippen molar-refractivity contribution < 1.29 is 4.79 Å². The number of benzene rings is 2. The van der Waals surface area contributed by atoms with Gasteiger partial charge in [-0.1, -0.05) is 48.5 Å². The number of carbonyl (C=O) groups is 1. The SMILES string of the molecule is [B]C([B])(N[C@@H]1CCC[C@H](N(CC)C(=O)c2cc3ccccc3[nH]2)C1)c1ccccc1. The molecule has 0 spiro atoms. The van der Waals surface area contributed by atoms with Crippen LogP contribution in [0.2, 0.25) is 0 Å². The normalized spacial score (nSPS) is 19.6. The molecule has 6 heteroatoms. The van der Waals surface area contributed by atoms with E-state index in [1.165, 1.54) is 0 Å². The number of hydrogen-bond acceptors (Lipinski definition) is 2. The molecule has 0 saturated heterocycles. The van der Waals surface area contributed by atoms with Gasteiger partial charge in [0.15, 0.2) is 0 Å². The minimum Gasteiger partial charge on any atom is -0.351 e. The molecular weight excluding hydrogens is 368 g/mol. The third-order valence-electron chi connectivity index (χ3n) is 6.14. The summed E-state index contributed by atoms with van der Waals surface area (Å²) in [6, 6.07) is 19.9. The molecule has 0 bridgehead atoms. The standard InChI is InChI=1S/C24H27B2N3O/c1-2-29(23(30)22-15-17-9-6-7-14-21(17)27-22)20-13-8-12-19(16-20)28-24(25,26)18-10-4-3-5-11-18/h3-7,9-11,14-15,19-20,27-28H,2,8,12-13,16H2,1H3/t19-,20+/m1/s1. The first-order chi connectivity index (χ1) is 14.5. The first-order valence-corrected chi connectivity index (χ1v) is 10.8. The fraction of sp³-hybridized carbons (Fsp3) is 0.375. The van der Waals surface area contributed by atoms with Crippen LogP contribution in [0.5, 0.6) is 0 Å². The molecule has 1 aliphatic rings. The van der Waals surface area contributed by atoms with Crippen LogP contribution in [0.4, 0.5) is 0 Å². The number of nitrogens with zero attached hydrogens (tertiary/aromatic N) is 1. The number of hydrogen-bond donors (Lipinski definition) is 2. The van der Waals surface area contributed by atoms with Gasteiger partial charge in [0.05, 0.1) is 15.7 Å². The summed E-state index contributed by atoms with van der Waals surface area (Å²) in [4.78, 5) is 18.5. The van der Waals surface area contributed by atoms with Crippen molar-refractivity contribution in [1.82, 2.24) is 15.2 Å². The van der Waals surface area contributed by atoms with Crippen molar-refractivity contribution in [1.29, 1.82) is 0 Å². The molecule has 30 heavy (non-hydrogen) atoms. The minimum absolute atomic E-state index is 0.0502. The Bertz CT molecular complexity index is 969. The zero-order valence-corrected chi connectivity index (χ0v) is 17.5. The van der Waals surface area contributed by atoms with E-state index < -0.39 is 5.34 Å². The van der Waals surface area contributed by atoms with Gasteiger partial charge in [0, 0.05) is 29.5 Å². The molecule has 3 aromatic rings. The Hall–Kier alpha value is -2.46. The summed E-state index contributed by atoms with van der Waals surface area (Å²) < 4.78 is 0. The molecule has 2 aromatic carbocycles. The molecule has 0 aliphatic heterocycles. The van der Waals surface area contributed by atoms with Crippen molar-refractivity contribution >= 4 is 32.5 Å². The van der Waals surface area contributed by atoms with Gasteiger partial charge in [-0.05, 0) is 55.6 Å². The van der Waals surface area contributed by atoms with Crippen molar-refractivity contribution in [2.75, 3.05) is 6.54 Å². The lowest BCUT2D eigenvalue weighted by molar-refractivity contribution is 0.0621. The third kappa shape index (κ3) is 4.34. The number of nitrogens with one attached hydrogen (secondary N) is 2. The Labute approximate surface area is 181 Å². The van der Waals surface area contributed by atoms with E-state index >= 15 is 0 Å². The highest BCUT2D eigenvalue weighted by molar-refractivity contribution is 6.39. The molecule has 2 N–H and O–H groups in total. The third-order valence-corrected chi connectivity index (χ3v) is 6.14. The Kier molecular flexibility index (Phi) is 6.05. The smallest absolute Gasteiger partial charge is 0.270 e. The number of carbonyl (C=O) groups excluding carboxylic acids is 1. The van der Waals surface area contributed by atoms with Crippen LogP contribution < -0.4 is 5.32 Å². The highest BCUT2D eigenvalue weighted by Gasteiger charge is 2.32. The highest BCUT2D eigenvalue weighted by atomic mass is 16.2. The molecule has 150 valence electrons. The van der Waals surface area contributed by atoms with E-state index in [4.69, 9.17) is 15.7 Å². The Morgan fingerprint density at radius 2 is 1.87 bits per heavy atom. The molecule has 1 aromatic heterocycles. The monoisotopic (exact) mass is 395 g/mol. The Morgan fingerprint density at radius 3 is 2.60 bits per heavy atom. The quantitative estimate of drug-likeness (QED) is 0.626. The van der Waals surface area contributed by atoms with Crippen LogP contribution in [0, 0.1) is 0 Å². The first-order valence-electron chi connectivity index (χ1n) is 10.8. The van der Waals surface area contributed by atoms with Crippen molar-refractivity contribution in [2.24, 2.45) is 0 Å². The van der Waals surface area contributed by atoms with E-state index in [0.717, 1.165) is 42.1 Å². The Balaban J connectivity index is 1.47. The maximum Gasteiger partial charge on any atom is 0.270 e. The van der Waals surface area contributed by atoms with Crippen LogP contribution >= 0.6 is 0 Å². The van der Waals surface area contributed by atoms with Gasteiger partial charge in [-0.2, -0.15) is 0 Å². The number of aromatic nitrogens is 1. The number of H-pyrrole nitrogens is 1. The number of amides is 1. The fourth-order valence-corrected chi connectivity index (χ4v) is 4.62. The van der Waals surface area contributed by atoms with Gasteiger partial charge in [0.25, 0.3) is 5.91 Å². The summed E-state index contributed by atoms with van der Waals surface area (Å²) in [5.41, 5.74) is 2.48. The molecule has 0 unspecified atom stereocenters. The average molecular weight is 395 g/mol. The van der Waals surface area contributed by atoms with E-state index in [9.17, 15) is 4.79 Å². The van der Waals surface area contributed by atoms with Crippen LogP contribution in [0.1, 0.15) is 48.7 Å². The van der Waals surface area contributed by atoms with Crippen LogP contribution in [0.25, 0.3) is 10.9 Å². The molecule has 1 saturated carbocycles. The molecule has 2 atom stereocenters. The number of aromatic amines is 1. The molecule has 4 rings (SSSR count). The van der Waals surface area contributed by atoms with E-state index in [0.29, 0.717) is 12.2 Å². The predicted octanol–water partition coefficient (Wildman–Crippen LogP) is 3.68. The second-order valence-electron chi connectivity index (χ2n) is 8.26. The van der Waals surface area contributed by atoms with Gasteiger partial charge in [0.2, 0.25) is 0 Å². The zero-order chi connectivity index (χ0) is 21.1. The van der Waals surface area contributed by atoms with E-state index in [2.05, 4.69) is 10.3 Å². The lowest BCUT2D eigenvalue weighted by atomic mass is 9.57. The summed E-state index contributed by atoms with van der Waals surface area (Å²) in [5, 5.41) is 3.39. The van der Waals surface area contributed by atoms with Gasteiger partial charge in [-0.25, -0.2) is 0 Å². The summed E-state index contributed by atoms with van der Waals surface area (Å²) in [6.07, 6.45) is 3.86. The maximum absolute atomic E-state index is 13.3. The Morgan fingerprint density at radius 1 is 1.13 bits per heavy atom. The molecule has 1 heterocycles. The molecule has 1 fully saturated rings. The van der Waals surface area contributed by atoms with Crippen LogP contribution in [0.15, 0.2) is 60.7 Å². The molecule has 4 radical (unpaired) electrons. The van der Waals surface area contributed by atoms with Gasteiger partial charge in [0.1, 0.15) is 5.69 Å². The van der Waals surface area contributed by atoms with E-state index in [1.807, 2.05) is 72.5 Å². The molecule has 4 nitrogen and oxygen atoms in total. The predicted molar refractivity (Wildman–Crippen MR) is 124 cm³/mol. The maximum atomic E-state index is 13.3. The van der Waals surface area contributed by atoms with Gasteiger partial charge in [-0.3, -0.25) is 4.79 Å². The van der Waals surface area contributed by atoms with Crippen molar-refractivity contribution in [3.05, 3.63) is 71.9 Å². The largest absolute Gasteiger partial charge is 0.351 e. The average Bonchev–Trinajstić information content (AvgIpc) is 3.19. The number of fused-ring (bicyclic) bond motifs is 1. The second-order valence-corrected chi connectivity index (χ2v) is 8.26. The van der Waals surface area contributed by atoms with Gasteiger partial charge < -0.3 is 15.2 Å². The van der Waals surface area contributed by atoms with Gasteiger partial charge in [-0.15, -0.1) is 0 Å². The first kappa shape index (κ1) is 20.8. The summed E-state index contributed by atoms with van der Waals surface area (Å²) in [5.74, 6) is 0.0502. The van der Waals surface area contributed by atoms with Crippen molar-refractivity contribution in [3.63, 3.8) is 0 Å². The molecule has 1 amide bonds. The van der Waals surface area contributed by atoms with Crippen molar-refractivity contribution in [3.8, 4) is 0 Å². The fourth-order valence-electron chi connectivity index (χ4n) is 4.62. The van der Waals surface area contributed by atoms with E-state index in [1.54, 1.807) is 0 Å². The summed E-state index contributed by atoms with van der Waals surface area (Å²) in [7, 11) is 12.8. The van der Waals surface area contributed by atoms with Crippen LogP contribution in [0.3, 0.4) is 0 Å². The molecule has 1 aliphatic carbocycles. The number of para-hydroxylation sites is 1. The van der Waals surface area contributed by atoms with E-state index in [-0.39, 0.29) is 18.0 Å². The highest BCUT2D eigenvalue weighted by Crippen LogP contribution is 2.27. The lowest BCUT2D eigenvalue weighted by Gasteiger charge is -2.41. The van der Waals surface area contributed by atoms with Crippen LogP contribution in [-0.2, 0) is 5.34 Å².